The fourth-order valence-corrected chi connectivity index (χ4v) is 2.55. The number of ether oxygens (including phenoxy) is 1. The molecule has 0 unspecified atom stereocenters. The van der Waals surface area contributed by atoms with Gasteiger partial charge in [-0.15, -0.1) is 0 Å². The lowest BCUT2D eigenvalue weighted by atomic mass is 10.3. The summed E-state index contributed by atoms with van der Waals surface area (Å²) in [4.78, 5) is 19.1. The van der Waals surface area contributed by atoms with Gasteiger partial charge >= 0.3 is 5.69 Å². The predicted octanol–water partition coefficient (Wildman–Crippen LogP) is 4.92. The molecular weight excluding hydrogens is 370 g/mol. The highest BCUT2D eigenvalue weighted by Crippen LogP contribution is 2.34. The smallest absolute Gasteiger partial charge is 0.353 e. The third kappa shape index (κ3) is 4.42. The summed E-state index contributed by atoms with van der Waals surface area (Å²) in [5, 5.41) is 17.9. The Labute approximate surface area is 160 Å². The van der Waals surface area contributed by atoms with Crippen LogP contribution in [0.1, 0.15) is 6.92 Å². The molecule has 8 nitrogen and oxygen atoms in total. The zero-order chi connectivity index (χ0) is 19.2. The van der Waals surface area contributed by atoms with Gasteiger partial charge in [-0.05, 0) is 43.3 Å². The second-order valence-electron chi connectivity index (χ2n) is 5.36. The Balaban J connectivity index is 1.91. The first-order valence-electron chi connectivity index (χ1n) is 8.09. The maximum Gasteiger partial charge on any atom is 0.353 e. The highest BCUT2D eigenvalue weighted by Gasteiger charge is 2.23. The van der Waals surface area contributed by atoms with Crippen molar-refractivity contribution in [3.63, 3.8) is 0 Å². The molecule has 3 rings (SSSR count). The van der Waals surface area contributed by atoms with Crippen LogP contribution in [0.3, 0.4) is 0 Å². The van der Waals surface area contributed by atoms with Crippen molar-refractivity contribution >= 4 is 40.3 Å². The highest BCUT2D eigenvalue weighted by atomic mass is 35.5. The molecule has 1 aromatic heterocycles. The summed E-state index contributed by atoms with van der Waals surface area (Å²) in [7, 11) is 0. The van der Waals surface area contributed by atoms with Gasteiger partial charge in [-0.3, -0.25) is 10.1 Å². The Morgan fingerprint density at radius 1 is 1.07 bits per heavy atom. The molecule has 2 N–H and O–H groups in total. The van der Waals surface area contributed by atoms with E-state index in [1.165, 1.54) is 6.33 Å². The molecular formula is C18H16ClN5O3. The average Bonchev–Trinajstić information content (AvgIpc) is 2.65. The minimum Gasteiger partial charge on any atom is -0.494 e. The van der Waals surface area contributed by atoms with Crippen LogP contribution in [-0.4, -0.2) is 21.5 Å². The lowest BCUT2D eigenvalue weighted by Gasteiger charge is -2.11. The first-order valence-corrected chi connectivity index (χ1v) is 8.47. The van der Waals surface area contributed by atoms with Crippen LogP contribution in [0, 0.1) is 10.1 Å². The summed E-state index contributed by atoms with van der Waals surface area (Å²) in [5.74, 6) is 0.812. The van der Waals surface area contributed by atoms with E-state index in [0.717, 1.165) is 0 Å². The highest BCUT2D eigenvalue weighted by molar-refractivity contribution is 6.33. The van der Waals surface area contributed by atoms with Gasteiger partial charge in [-0.25, -0.2) is 9.97 Å². The molecule has 0 fully saturated rings. The zero-order valence-corrected chi connectivity index (χ0v) is 15.1. The van der Waals surface area contributed by atoms with Gasteiger partial charge in [-0.2, -0.15) is 0 Å². The number of aromatic nitrogens is 2. The van der Waals surface area contributed by atoms with Crippen LogP contribution in [0.2, 0.25) is 5.02 Å². The number of benzene rings is 2. The van der Waals surface area contributed by atoms with Crippen molar-refractivity contribution in [3.05, 3.63) is 70.0 Å². The van der Waals surface area contributed by atoms with E-state index in [1.54, 1.807) is 48.5 Å². The van der Waals surface area contributed by atoms with Crippen LogP contribution < -0.4 is 15.4 Å². The lowest BCUT2D eigenvalue weighted by Crippen LogP contribution is -2.05. The van der Waals surface area contributed by atoms with Crippen molar-refractivity contribution in [2.75, 3.05) is 17.2 Å². The SMILES string of the molecule is CCOc1ccc(Nc2ncnc(Nc3ccccc3Cl)c2[N+](=O)[O-])cc1. The van der Waals surface area contributed by atoms with E-state index < -0.39 is 4.92 Å². The van der Waals surface area contributed by atoms with Crippen LogP contribution in [-0.2, 0) is 0 Å². The molecule has 0 aliphatic rings. The number of nitro groups is 1. The van der Waals surface area contributed by atoms with E-state index in [1.807, 2.05) is 6.92 Å². The fraction of sp³-hybridized carbons (Fsp3) is 0.111. The molecule has 0 saturated heterocycles. The molecule has 138 valence electrons. The molecule has 1 heterocycles. The van der Waals surface area contributed by atoms with Gasteiger partial charge < -0.3 is 15.4 Å². The Kier molecular flexibility index (Phi) is 5.68. The summed E-state index contributed by atoms with van der Waals surface area (Å²) >= 11 is 6.11. The number of anilines is 4. The third-order valence-corrected chi connectivity index (χ3v) is 3.89. The standard InChI is InChI=1S/C18H16ClN5O3/c1-2-27-13-9-7-12(8-10-13)22-17-16(24(25)26)18(21-11-20-17)23-15-6-4-3-5-14(15)19/h3-11H,2H2,1H3,(H2,20,21,22,23). The van der Waals surface area contributed by atoms with E-state index in [2.05, 4.69) is 20.6 Å². The Morgan fingerprint density at radius 2 is 1.74 bits per heavy atom. The molecule has 0 bridgehead atoms. The summed E-state index contributed by atoms with van der Waals surface area (Å²) in [6, 6.07) is 13.9. The predicted molar refractivity (Wildman–Crippen MR) is 104 cm³/mol. The number of nitrogens with zero attached hydrogens (tertiary/aromatic N) is 3. The first-order chi connectivity index (χ1) is 13.1. The Hall–Kier alpha value is -3.39. The van der Waals surface area contributed by atoms with Crippen LogP contribution in [0.25, 0.3) is 0 Å². The maximum absolute atomic E-state index is 11.6. The minimum absolute atomic E-state index is 0.0385. The van der Waals surface area contributed by atoms with E-state index >= 15 is 0 Å². The van der Waals surface area contributed by atoms with Crippen molar-refractivity contribution in [1.82, 2.24) is 9.97 Å². The molecule has 0 aliphatic carbocycles. The molecule has 2 aromatic carbocycles. The number of hydrogen-bond acceptors (Lipinski definition) is 7. The number of halogens is 1. The van der Waals surface area contributed by atoms with Gasteiger partial charge in [0.2, 0.25) is 11.6 Å². The summed E-state index contributed by atoms with van der Waals surface area (Å²) in [6.45, 7) is 2.45. The number of rotatable bonds is 7. The van der Waals surface area contributed by atoms with Crippen molar-refractivity contribution in [3.8, 4) is 5.75 Å². The molecule has 3 aromatic rings. The van der Waals surface area contributed by atoms with Gasteiger partial charge in [0.25, 0.3) is 0 Å². The molecule has 0 atom stereocenters. The first kappa shape index (κ1) is 18.4. The van der Waals surface area contributed by atoms with Crippen LogP contribution >= 0.6 is 11.6 Å². The summed E-state index contributed by atoms with van der Waals surface area (Å²) in [5.41, 5.74) is 0.850. The molecule has 0 aliphatic heterocycles. The summed E-state index contributed by atoms with van der Waals surface area (Å²) < 4.78 is 5.39. The van der Waals surface area contributed by atoms with Crippen molar-refractivity contribution in [2.45, 2.75) is 6.92 Å². The lowest BCUT2D eigenvalue weighted by molar-refractivity contribution is -0.383. The van der Waals surface area contributed by atoms with Gasteiger partial charge in [0.15, 0.2) is 0 Å². The minimum atomic E-state index is -0.546. The van der Waals surface area contributed by atoms with E-state index in [-0.39, 0.29) is 17.3 Å². The monoisotopic (exact) mass is 385 g/mol. The molecule has 0 radical (unpaired) electrons. The third-order valence-electron chi connectivity index (χ3n) is 3.56. The Bertz CT molecular complexity index is 950. The van der Waals surface area contributed by atoms with E-state index in [9.17, 15) is 10.1 Å². The summed E-state index contributed by atoms with van der Waals surface area (Å²) in [6.07, 6.45) is 1.24. The normalized spacial score (nSPS) is 10.3. The topological polar surface area (TPSA) is 102 Å². The van der Waals surface area contributed by atoms with Crippen LogP contribution in [0.4, 0.5) is 28.7 Å². The van der Waals surface area contributed by atoms with Crippen molar-refractivity contribution in [2.24, 2.45) is 0 Å². The van der Waals surface area contributed by atoms with Gasteiger partial charge in [0.1, 0.15) is 12.1 Å². The van der Waals surface area contributed by atoms with Crippen LogP contribution in [0.5, 0.6) is 5.75 Å². The van der Waals surface area contributed by atoms with Crippen molar-refractivity contribution < 1.29 is 9.66 Å². The van der Waals surface area contributed by atoms with Gasteiger partial charge in [0, 0.05) is 5.69 Å². The maximum atomic E-state index is 11.6. The largest absolute Gasteiger partial charge is 0.494 e. The zero-order valence-electron chi connectivity index (χ0n) is 14.3. The fourth-order valence-electron chi connectivity index (χ4n) is 2.36. The second kappa shape index (κ2) is 8.33. The molecule has 0 amide bonds. The van der Waals surface area contributed by atoms with Gasteiger partial charge in [0.05, 0.1) is 22.2 Å². The average molecular weight is 386 g/mol. The molecule has 27 heavy (non-hydrogen) atoms. The second-order valence-corrected chi connectivity index (χ2v) is 5.77. The van der Waals surface area contributed by atoms with E-state index in [0.29, 0.717) is 28.8 Å². The number of para-hydroxylation sites is 1. The Morgan fingerprint density at radius 3 is 2.37 bits per heavy atom. The van der Waals surface area contributed by atoms with E-state index in [4.69, 9.17) is 16.3 Å². The molecule has 0 spiro atoms. The van der Waals surface area contributed by atoms with Crippen LogP contribution in [0.15, 0.2) is 54.9 Å². The number of nitrogens with one attached hydrogen (secondary N) is 2. The number of hydrogen-bond donors (Lipinski definition) is 2. The van der Waals surface area contributed by atoms with Gasteiger partial charge in [-0.1, -0.05) is 23.7 Å². The quantitative estimate of drug-likeness (QED) is 0.439. The molecule has 0 saturated carbocycles. The molecule has 9 heteroatoms. The van der Waals surface area contributed by atoms with Crippen molar-refractivity contribution in [1.29, 1.82) is 0 Å².